The second-order valence-electron chi connectivity index (χ2n) is 7.41. The summed E-state index contributed by atoms with van der Waals surface area (Å²) in [6, 6.07) is 3.55. The van der Waals surface area contributed by atoms with Gasteiger partial charge in [-0.1, -0.05) is 0 Å². The van der Waals surface area contributed by atoms with Gasteiger partial charge in [-0.05, 0) is 30.9 Å². The zero-order valence-electron chi connectivity index (χ0n) is 15.5. The molecule has 2 atom stereocenters. The number of hydrogen-bond acceptors (Lipinski definition) is 5. The minimum absolute atomic E-state index is 0.0134. The van der Waals surface area contributed by atoms with Crippen molar-refractivity contribution in [2.24, 2.45) is 5.92 Å². The molecular weight excluding hydrogens is 346 g/mol. The van der Waals surface area contributed by atoms with Crippen LogP contribution >= 0.6 is 0 Å². The monoisotopic (exact) mass is 369 g/mol. The Hall–Kier alpha value is -2.97. The van der Waals surface area contributed by atoms with Gasteiger partial charge in [-0.2, -0.15) is 0 Å². The number of aromatic nitrogens is 4. The third-order valence-electron chi connectivity index (χ3n) is 5.30. The molecule has 0 spiro atoms. The van der Waals surface area contributed by atoms with Gasteiger partial charge in [0.25, 0.3) is 5.91 Å². The Morgan fingerprint density at radius 2 is 1.89 bits per heavy atom. The minimum Gasteiger partial charge on any atom is -0.334 e. The van der Waals surface area contributed by atoms with Gasteiger partial charge in [-0.15, -0.1) is 10.2 Å². The molecule has 2 aromatic heterocycles. The molecule has 2 bridgehead atoms. The summed E-state index contributed by atoms with van der Waals surface area (Å²) in [6.45, 7) is 1.98. The van der Waals surface area contributed by atoms with E-state index in [0.717, 1.165) is 12.8 Å². The number of amides is 3. The molecule has 27 heavy (non-hydrogen) atoms. The molecule has 0 radical (unpaired) electrons. The van der Waals surface area contributed by atoms with Crippen molar-refractivity contribution in [3.05, 3.63) is 36.5 Å². The van der Waals surface area contributed by atoms with Crippen molar-refractivity contribution in [1.29, 1.82) is 0 Å². The predicted octanol–water partition coefficient (Wildman–Crippen LogP) is 0.880. The van der Waals surface area contributed by atoms with Crippen LogP contribution in [0.4, 0.5) is 4.79 Å². The van der Waals surface area contributed by atoms with E-state index in [2.05, 4.69) is 15.2 Å². The number of carbonyl (C=O) groups is 2. The van der Waals surface area contributed by atoms with Gasteiger partial charge in [0, 0.05) is 51.5 Å². The number of fused-ring (bicyclic) bond motifs is 4. The Morgan fingerprint density at radius 1 is 1.11 bits per heavy atom. The summed E-state index contributed by atoms with van der Waals surface area (Å²) in [6.07, 6.45) is 6.70. The molecule has 5 rings (SSSR count). The minimum atomic E-state index is -0.0134. The van der Waals surface area contributed by atoms with Crippen LogP contribution in [-0.2, 0) is 0 Å². The highest BCUT2D eigenvalue weighted by Gasteiger charge is 2.39. The number of urea groups is 1. The maximum atomic E-state index is 13.2. The van der Waals surface area contributed by atoms with E-state index in [9.17, 15) is 9.59 Å². The molecule has 3 saturated heterocycles. The fraction of sp³-hybridized carbons (Fsp3) is 0.500. The summed E-state index contributed by atoms with van der Waals surface area (Å²) >= 11 is 0. The Labute approximate surface area is 157 Å². The average molecular weight is 369 g/mol. The molecule has 3 fully saturated rings. The van der Waals surface area contributed by atoms with Crippen molar-refractivity contribution in [1.82, 2.24) is 34.4 Å². The predicted molar refractivity (Wildman–Crippen MR) is 97.4 cm³/mol. The van der Waals surface area contributed by atoms with E-state index in [-0.39, 0.29) is 18.0 Å². The Balaban J connectivity index is 1.56. The Morgan fingerprint density at radius 3 is 2.63 bits per heavy atom. The van der Waals surface area contributed by atoms with Crippen LogP contribution < -0.4 is 0 Å². The molecule has 0 unspecified atom stereocenters. The first-order valence-electron chi connectivity index (χ1n) is 9.11. The lowest BCUT2D eigenvalue weighted by molar-refractivity contribution is 0.0585. The van der Waals surface area contributed by atoms with E-state index in [4.69, 9.17) is 0 Å². The van der Waals surface area contributed by atoms with E-state index in [1.807, 2.05) is 9.80 Å². The summed E-state index contributed by atoms with van der Waals surface area (Å²) in [5.74, 6) is 0.909. The van der Waals surface area contributed by atoms with Gasteiger partial charge in [0.15, 0.2) is 0 Å². The topological polar surface area (TPSA) is 87.5 Å². The molecule has 3 amide bonds. The maximum Gasteiger partial charge on any atom is 0.319 e. The lowest BCUT2D eigenvalue weighted by Crippen LogP contribution is -2.48. The highest BCUT2D eigenvalue weighted by atomic mass is 16.2. The van der Waals surface area contributed by atoms with Crippen molar-refractivity contribution in [2.75, 3.05) is 33.7 Å². The van der Waals surface area contributed by atoms with E-state index in [1.165, 1.54) is 0 Å². The van der Waals surface area contributed by atoms with Gasteiger partial charge < -0.3 is 14.7 Å². The molecule has 142 valence electrons. The zero-order valence-corrected chi connectivity index (χ0v) is 15.5. The van der Waals surface area contributed by atoms with Crippen molar-refractivity contribution >= 4 is 11.9 Å². The zero-order chi connectivity index (χ0) is 19.0. The van der Waals surface area contributed by atoms with Crippen molar-refractivity contribution in [3.63, 3.8) is 0 Å². The van der Waals surface area contributed by atoms with E-state index >= 15 is 0 Å². The van der Waals surface area contributed by atoms with Gasteiger partial charge in [0.1, 0.15) is 18.5 Å². The van der Waals surface area contributed by atoms with Crippen LogP contribution in [0, 0.1) is 5.92 Å². The highest BCUT2D eigenvalue weighted by molar-refractivity contribution is 5.95. The second-order valence-corrected chi connectivity index (χ2v) is 7.41. The van der Waals surface area contributed by atoms with Crippen LogP contribution in [0.3, 0.4) is 0 Å². The summed E-state index contributed by atoms with van der Waals surface area (Å²) in [5, 5.41) is 7.56. The summed E-state index contributed by atoms with van der Waals surface area (Å²) < 4.78 is 1.67. The fourth-order valence-electron chi connectivity index (χ4n) is 3.95. The fourth-order valence-corrected chi connectivity index (χ4v) is 3.95. The van der Waals surface area contributed by atoms with E-state index < -0.39 is 0 Å². The summed E-state index contributed by atoms with van der Waals surface area (Å²) in [5.41, 5.74) is 0.590. The van der Waals surface area contributed by atoms with Crippen molar-refractivity contribution < 1.29 is 9.59 Å². The molecule has 2 aromatic rings. The number of pyridine rings is 1. The first kappa shape index (κ1) is 17.4. The molecule has 3 aliphatic rings. The first-order chi connectivity index (χ1) is 13.0. The number of rotatable bonds is 2. The molecule has 3 aliphatic heterocycles. The molecule has 0 aliphatic carbocycles. The highest BCUT2D eigenvalue weighted by Crippen LogP contribution is 2.29. The van der Waals surface area contributed by atoms with Crippen LogP contribution in [-0.4, -0.2) is 86.2 Å². The van der Waals surface area contributed by atoms with Gasteiger partial charge in [0.05, 0.1) is 0 Å². The van der Waals surface area contributed by atoms with Gasteiger partial charge in [-0.3, -0.25) is 9.36 Å². The third-order valence-corrected chi connectivity index (χ3v) is 5.30. The van der Waals surface area contributed by atoms with Crippen molar-refractivity contribution in [3.8, 4) is 5.82 Å². The quantitative estimate of drug-likeness (QED) is 0.784. The average Bonchev–Trinajstić information content (AvgIpc) is 3.07. The van der Waals surface area contributed by atoms with Crippen LogP contribution in [0.5, 0.6) is 0 Å². The van der Waals surface area contributed by atoms with Crippen LogP contribution in [0.25, 0.3) is 5.82 Å². The molecule has 0 saturated carbocycles. The number of piperidine rings is 1. The van der Waals surface area contributed by atoms with Crippen LogP contribution in [0.1, 0.15) is 23.2 Å². The normalized spacial score (nSPS) is 21.9. The largest absolute Gasteiger partial charge is 0.334 e. The third kappa shape index (κ3) is 3.36. The molecule has 5 heterocycles. The molecule has 0 aromatic carbocycles. The maximum absolute atomic E-state index is 13.2. The molecule has 9 nitrogen and oxygen atoms in total. The van der Waals surface area contributed by atoms with E-state index in [0.29, 0.717) is 36.9 Å². The van der Waals surface area contributed by atoms with Crippen LogP contribution in [0.2, 0.25) is 0 Å². The molecule has 0 N–H and O–H groups in total. The van der Waals surface area contributed by atoms with E-state index in [1.54, 1.807) is 54.5 Å². The Kier molecular flexibility index (Phi) is 4.51. The number of carbonyl (C=O) groups excluding carboxylic acids is 2. The summed E-state index contributed by atoms with van der Waals surface area (Å²) in [7, 11) is 3.53. The first-order valence-corrected chi connectivity index (χ1v) is 9.11. The number of nitrogens with zero attached hydrogens (tertiary/aromatic N) is 7. The van der Waals surface area contributed by atoms with Gasteiger partial charge in [0.2, 0.25) is 0 Å². The SMILES string of the molecule is CN(C)C(=O)N1C[C@@H]2CC[C@H](C1)N(C(=O)c1ccnc(-n3cnnc3)c1)C2. The second kappa shape index (κ2) is 6.98. The Bertz CT molecular complexity index is 836. The smallest absolute Gasteiger partial charge is 0.319 e. The van der Waals surface area contributed by atoms with Gasteiger partial charge in [-0.25, -0.2) is 9.78 Å². The lowest BCUT2D eigenvalue weighted by Gasteiger charge is -2.36. The van der Waals surface area contributed by atoms with Gasteiger partial charge >= 0.3 is 6.03 Å². The standard InChI is InChI=1S/C18H23N7O2/c1-22(2)18(27)23-8-13-3-4-15(10-23)25(9-13)17(26)14-5-6-19-16(7-14)24-11-20-21-12-24/h5-7,11-13,15H,3-4,8-10H2,1-2H3/t13-,15+/m0/s1. The molecule has 9 heteroatoms. The lowest BCUT2D eigenvalue weighted by atomic mass is 9.94. The molecular formula is C18H23N7O2. The summed E-state index contributed by atoms with van der Waals surface area (Å²) in [4.78, 5) is 35.3. The van der Waals surface area contributed by atoms with Crippen molar-refractivity contribution in [2.45, 2.75) is 18.9 Å². The van der Waals surface area contributed by atoms with Crippen LogP contribution in [0.15, 0.2) is 31.0 Å². The number of hydrogen-bond donors (Lipinski definition) is 0.